The second kappa shape index (κ2) is 5.66. The molecular weight excluding hydrogens is 332 g/mol. The van der Waals surface area contributed by atoms with E-state index in [1.54, 1.807) is 6.08 Å². The van der Waals surface area contributed by atoms with Crippen LogP contribution in [-0.2, 0) is 23.9 Å². The molecule has 0 heterocycles. The molecule has 1 spiro atoms. The van der Waals surface area contributed by atoms with Gasteiger partial charge in [0.1, 0.15) is 6.29 Å². The van der Waals surface area contributed by atoms with Crippen molar-refractivity contribution in [2.24, 2.45) is 10.8 Å². The Morgan fingerprint density at radius 2 is 1.58 bits per heavy atom. The van der Waals surface area contributed by atoms with E-state index in [1.165, 1.54) is 14.2 Å². The van der Waals surface area contributed by atoms with Gasteiger partial charge in [-0.1, -0.05) is 23.8 Å². The Kier molecular flexibility index (Phi) is 3.94. The zero-order valence-corrected chi connectivity index (χ0v) is 15.9. The lowest BCUT2D eigenvalue weighted by atomic mass is 9.59. The highest BCUT2D eigenvalue weighted by molar-refractivity contribution is 6.08. The van der Waals surface area contributed by atoms with E-state index in [0.717, 1.165) is 28.6 Å². The summed E-state index contributed by atoms with van der Waals surface area (Å²) in [5, 5.41) is 0. The summed E-state index contributed by atoms with van der Waals surface area (Å²) in [5.74, 6) is -1.23. The Balaban J connectivity index is 2.58. The summed E-state index contributed by atoms with van der Waals surface area (Å²) >= 11 is 0. The van der Waals surface area contributed by atoms with Gasteiger partial charge in [0.25, 0.3) is 0 Å². The fraction of sp³-hybridized carbons (Fsp3) is 0.381. The maximum atomic E-state index is 12.9. The van der Waals surface area contributed by atoms with Gasteiger partial charge >= 0.3 is 11.9 Å². The minimum Gasteiger partial charge on any atom is -0.466 e. The number of carbonyl (C=O) groups is 3. The fourth-order valence-electron chi connectivity index (χ4n) is 4.98. The molecule has 5 heteroatoms. The average Bonchev–Trinajstić information content (AvgIpc) is 2.80. The number of methoxy groups -OCH3 is 2. The van der Waals surface area contributed by atoms with Gasteiger partial charge < -0.3 is 9.47 Å². The maximum absolute atomic E-state index is 12.9. The molecule has 4 aliphatic rings. The topological polar surface area (TPSA) is 69.7 Å². The van der Waals surface area contributed by atoms with Crippen LogP contribution in [0.4, 0.5) is 0 Å². The van der Waals surface area contributed by atoms with E-state index < -0.39 is 22.8 Å². The number of hydrogen-bond acceptors (Lipinski definition) is 5. The smallest absolute Gasteiger partial charge is 0.335 e. The van der Waals surface area contributed by atoms with Crippen molar-refractivity contribution in [1.82, 2.24) is 0 Å². The van der Waals surface area contributed by atoms with E-state index in [2.05, 4.69) is 0 Å². The third-order valence-electron chi connectivity index (χ3n) is 5.66. The van der Waals surface area contributed by atoms with Crippen LogP contribution in [0.5, 0.6) is 0 Å². The monoisotopic (exact) mass is 354 g/mol. The summed E-state index contributed by atoms with van der Waals surface area (Å²) in [6.45, 7) is 7.60. The number of allylic oxidation sites excluding steroid dienone is 8. The molecule has 0 radical (unpaired) electrons. The molecule has 0 aromatic rings. The Hall–Kier alpha value is -2.69. The number of ether oxygens (including phenoxy) is 2. The Labute approximate surface area is 152 Å². The van der Waals surface area contributed by atoms with E-state index in [1.807, 2.05) is 39.8 Å². The molecule has 26 heavy (non-hydrogen) atoms. The van der Waals surface area contributed by atoms with E-state index in [0.29, 0.717) is 5.57 Å². The highest BCUT2D eigenvalue weighted by Crippen LogP contribution is 2.63. The first-order valence-corrected chi connectivity index (χ1v) is 8.39. The van der Waals surface area contributed by atoms with Gasteiger partial charge in [-0.15, -0.1) is 0 Å². The summed E-state index contributed by atoms with van der Waals surface area (Å²) in [6, 6.07) is 0. The molecule has 0 aromatic heterocycles. The molecule has 5 nitrogen and oxygen atoms in total. The standard InChI is InChI=1S/C21H22O5/c1-11-7-14(10-22)21-13(3)9-20(4,8-12(2)15(11)21)16(18(23)25-5)17(21)19(24)26-6/h7-10H,1-6H3. The SMILES string of the molecule is COC(=O)C1=C(C(=O)OC)C23C(C)=CC1(C)C=C(C)C2=C(C)C=C3C=O. The van der Waals surface area contributed by atoms with Gasteiger partial charge in [-0.05, 0) is 44.4 Å². The highest BCUT2D eigenvalue weighted by Gasteiger charge is 2.58. The summed E-state index contributed by atoms with van der Waals surface area (Å²) in [4.78, 5) is 37.7. The average molecular weight is 354 g/mol. The van der Waals surface area contributed by atoms with Gasteiger partial charge in [0.2, 0.25) is 0 Å². The minimum absolute atomic E-state index is 0.174. The molecule has 4 aliphatic carbocycles. The van der Waals surface area contributed by atoms with Crippen molar-refractivity contribution in [1.29, 1.82) is 0 Å². The number of esters is 2. The molecule has 2 bridgehead atoms. The van der Waals surface area contributed by atoms with Crippen LogP contribution < -0.4 is 0 Å². The predicted molar refractivity (Wildman–Crippen MR) is 96.0 cm³/mol. The van der Waals surface area contributed by atoms with Gasteiger partial charge in [-0.2, -0.15) is 0 Å². The summed E-state index contributed by atoms with van der Waals surface area (Å²) < 4.78 is 10.1. The molecule has 0 saturated carbocycles. The number of carbonyl (C=O) groups excluding carboxylic acids is 3. The molecule has 4 rings (SSSR count). The Bertz CT molecular complexity index is 909. The van der Waals surface area contributed by atoms with E-state index in [-0.39, 0.29) is 11.1 Å². The fourth-order valence-corrected chi connectivity index (χ4v) is 4.98. The normalized spacial score (nSPS) is 29.5. The molecular formula is C21H22O5. The predicted octanol–water partition coefficient (Wildman–Crippen LogP) is 3.00. The third-order valence-corrected chi connectivity index (χ3v) is 5.66. The first-order chi connectivity index (χ1) is 12.2. The molecule has 136 valence electrons. The maximum Gasteiger partial charge on any atom is 0.335 e. The molecule has 0 aliphatic heterocycles. The lowest BCUT2D eigenvalue weighted by Gasteiger charge is -2.41. The van der Waals surface area contributed by atoms with Crippen LogP contribution in [0, 0.1) is 10.8 Å². The van der Waals surface area contributed by atoms with Crippen molar-refractivity contribution in [3.8, 4) is 0 Å². The van der Waals surface area contributed by atoms with Crippen LogP contribution in [0.3, 0.4) is 0 Å². The van der Waals surface area contributed by atoms with Crippen LogP contribution in [0.2, 0.25) is 0 Å². The first-order valence-electron chi connectivity index (χ1n) is 8.39. The van der Waals surface area contributed by atoms with Gasteiger partial charge in [-0.3, -0.25) is 4.79 Å². The van der Waals surface area contributed by atoms with Crippen molar-refractivity contribution >= 4 is 18.2 Å². The molecule has 0 saturated heterocycles. The van der Waals surface area contributed by atoms with E-state index in [4.69, 9.17) is 9.47 Å². The zero-order valence-electron chi connectivity index (χ0n) is 15.9. The summed E-state index contributed by atoms with van der Waals surface area (Å²) in [7, 11) is 2.56. The third kappa shape index (κ3) is 1.94. The van der Waals surface area contributed by atoms with Crippen LogP contribution in [0.25, 0.3) is 0 Å². The van der Waals surface area contributed by atoms with Crippen molar-refractivity contribution in [3.63, 3.8) is 0 Å². The van der Waals surface area contributed by atoms with Crippen molar-refractivity contribution in [3.05, 3.63) is 57.2 Å². The lowest BCUT2D eigenvalue weighted by molar-refractivity contribution is -0.140. The number of hydrogen-bond donors (Lipinski definition) is 0. The largest absolute Gasteiger partial charge is 0.466 e. The molecule has 2 unspecified atom stereocenters. The van der Waals surface area contributed by atoms with Crippen LogP contribution in [-0.4, -0.2) is 32.4 Å². The van der Waals surface area contributed by atoms with Gasteiger partial charge in [-0.25, -0.2) is 9.59 Å². The van der Waals surface area contributed by atoms with Gasteiger partial charge in [0.05, 0.1) is 30.8 Å². The van der Waals surface area contributed by atoms with Gasteiger partial charge in [0, 0.05) is 11.0 Å². The van der Waals surface area contributed by atoms with E-state index >= 15 is 0 Å². The minimum atomic E-state index is -1.11. The molecule has 0 amide bonds. The number of rotatable bonds is 3. The summed E-state index contributed by atoms with van der Waals surface area (Å²) in [6.07, 6.45) is 6.44. The second-order valence-electron chi connectivity index (χ2n) is 7.20. The second-order valence-corrected chi connectivity index (χ2v) is 7.20. The van der Waals surface area contributed by atoms with Crippen LogP contribution in [0.1, 0.15) is 27.7 Å². The lowest BCUT2D eigenvalue weighted by Crippen LogP contribution is -2.40. The molecule has 2 atom stereocenters. The van der Waals surface area contributed by atoms with Crippen molar-refractivity contribution in [2.45, 2.75) is 27.7 Å². The Morgan fingerprint density at radius 1 is 1.00 bits per heavy atom. The quantitative estimate of drug-likeness (QED) is 0.443. The zero-order chi connectivity index (χ0) is 19.4. The number of aldehydes is 1. The molecule has 0 N–H and O–H groups in total. The van der Waals surface area contributed by atoms with Crippen molar-refractivity contribution in [2.75, 3.05) is 14.2 Å². The first kappa shape index (κ1) is 18.1. The highest BCUT2D eigenvalue weighted by atomic mass is 16.5. The molecule has 0 aromatic carbocycles. The van der Waals surface area contributed by atoms with Crippen LogP contribution >= 0.6 is 0 Å². The Morgan fingerprint density at radius 3 is 2.12 bits per heavy atom. The van der Waals surface area contributed by atoms with Crippen molar-refractivity contribution < 1.29 is 23.9 Å². The van der Waals surface area contributed by atoms with E-state index in [9.17, 15) is 14.4 Å². The van der Waals surface area contributed by atoms with Gasteiger partial charge in [0.15, 0.2) is 0 Å². The molecule has 0 fully saturated rings. The van der Waals surface area contributed by atoms with Crippen LogP contribution in [0.15, 0.2) is 57.2 Å². The summed E-state index contributed by atoms with van der Waals surface area (Å²) in [5.41, 5.74) is 2.37.